The molecule has 1 heterocycles. The van der Waals surface area contributed by atoms with Crippen molar-refractivity contribution >= 4 is 0 Å². The fourth-order valence-corrected chi connectivity index (χ4v) is 1.48. The van der Waals surface area contributed by atoms with Crippen LogP contribution in [0.25, 0.3) is 0 Å². The summed E-state index contributed by atoms with van der Waals surface area (Å²) in [6, 6.07) is 0. The molecule has 0 saturated carbocycles. The van der Waals surface area contributed by atoms with Gasteiger partial charge < -0.3 is 14.8 Å². The normalized spacial score (nSPS) is 11.0. The summed E-state index contributed by atoms with van der Waals surface area (Å²) in [6.07, 6.45) is 2.93. The van der Waals surface area contributed by atoms with Gasteiger partial charge in [-0.25, -0.2) is 0 Å². The molecule has 5 heteroatoms. The molecule has 5 nitrogen and oxygen atoms in total. The number of methoxy groups -OCH3 is 1. The van der Waals surface area contributed by atoms with Crippen LogP contribution in [-0.4, -0.2) is 43.3 Å². The van der Waals surface area contributed by atoms with E-state index in [9.17, 15) is 0 Å². The molecule has 0 radical (unpaired) electrons. The number of nitrogens with zero attached hydrogens (tertiary/aromatic N) is 2. The van der Waals surface area contributed by atoms with Crippen LogP contribution < -0.4 is 5.32 Å². The first-order valence-corrected chi connectivity index (χ1v) is 6.00. The fraction of sp³-hybridized carbons (Fsp3) is 0.750. The molecule has 0 fully saturated rings. The summed E-state index contributed by atoms with van der Waals surface area (Å²) >= 11 is 0. The summed E-state index contributed by atoms with van der Waals surface area (Å²) in [5.74, 6) is 0. The summed E-state index contributed by atoms with van der Waals surface area (Å²) in [5, 5.41) is 7.59. The Morgan fingerprint density at radius 3 is 2.82 bits per heavy atom. The van der Waals surface area contributed by atoms with Gasteiger partial charge in [0.1, 0.15) is 0 Å². The van der Waals surface area contributed by atoms with Crippen molar-refractivity contribution in [3.63, 3.8) is 0 Å². The number of ether oxygens (including phenoxy) is 2. The Balaban J connectivity index is 1.99. The molecule has 0 spiro atoms. The third-order valence-electron chi connectivity index (χ3n) is 2.73. The number of aromatic nitrogens is 2. The average molecular weight is 241 g/mol. The second kappa shape index (κ2) is 8.22. The van der Waals surface area contributed by atoms with Crippen molar-refractivity contribution in [1.29, 1.82) is 0 Å². The third kappa shape index (κ3) is 5.30. The summed E-state index contributed by atoms with van der Waals surface area (Å²) in [5.41, 5.74) is 2.47. The van der Waals surface area contributed by atoms with E-state index in [4.69, 9.17) is 9.47 Å². The van der Waals surface area contributed by atoms with Crippen LogP contribution in [0.2, 0.25) is 0 Å². The van der Waals surface area contributed by atoms with E-state index < -0.39 is 0 Å². The third-order valence-corrected chi connectivity index (χ3v) is 2.73. The van der Waals surface area contributed by atoms with E-state index in [1.54, 1.807) is 7.11 Å². The maximum Gasteiger partial charge on any atom is 0.0700 e. The van der Waals surface area contributed by atoms with Crippen LogP contribution in [0.5, 0.6) is 0 Å². The Hall–Kier alpha value is -0.910. The highest BCUT2D eigenvalue weighted by atomic mass is 16.5. The Labute approximate surface area is 103 Å². The zero-order valence-corrected chi connectivity index (χ0v) is 11.0. The quantitative estimate of drug-likeness (QED) is 0.652. The molecule has 0 amide bonds. The molecule has 98 valence electrons. The number of hydrogen-bond acceptors (Lipinski definition) is 4. The molecule has 0 aliphatic carbocycles. The largest absolute Gasteiger partial charge is 0.382 e. The first-order valence-electron chi connectivity index (χ1n) is 6.00. The predicted molar refractivity (Wildman–Crippen MR) is 67.0 cm³/mol. The number of aryl methyl sites for hydroxylation is 1. The smallest absolute Gasteiger partial charge is 0.0700 e. The summed E-state index contributed by atoms with van der Waals surface area (Å²) in [6.45, 7) is 6.04. The molecular weight excluding hydrogens is 218 g/mol. The Morgan fingerprint density at radius 2 is 2.18 bits per heavy atom. The van der Waals surface area contributed by atoms with E-state index in [2.05, 4.69) is 17.3 Å². The maximum absolute atomic E-state index is 5.37. The lowest BCUT2D eigenvalue weighted by atomic mass is 10.2. The van der Waals surface area contributed by atoms with Crippen LogP contribution in [-0.2, 0) is 23.1 Å². The maximum atomic E-state index is 5.37. The highest BCUT2D eigenvalue weighted by molar-refractivity contribution is 5.15. The standard InChI is InChI=1S/C12H23N3O2/c1-11-12(10-14-15(11)2)9-13-5-4-6-17-8-7-16-3/h10,13H,4-9H2,1-3H3. The van der Waals surface area contributed by atoms with Crippen LogP contribution in [0.1, 0.15) is 17.7 Å². The van der Waals surface area contributed by atoms with Crippen molar-refractivity contribution in [2.45, 2.75) is 19.9 Å². The Bertz CT molecular complexity index is 313. The number of hydrogen-bond donors (Lipinski definition) is 1. The molecule has 1 aromatic heterocycles. The second-order valence-electron chi connectivity index (χ2n) is 4.01. The zero-order chi connectivity index (χ0) is 12.5. The Kier molecular flexibility index (Phi) is 6.84. The van der Waals surface area contributed by atoms with E-state index in [0.717, 1.165) is 26.1 Å². The van der Waals surface area contributed by atoms with Crippen molar-refractivity contribution in [3.8, 4) is 0 Å². The van der Waals surface area contributed by atoms with Gasteiger partial charge in [-0.05, 0) is 19.9 Å². The van der Waals surface area contributed by atoms with Gasteiger partial charge in [0.25, 0.3) is 0 Å². The van der Waals surface area contributed by atoms with Gasteiger partial charge >= 0.3 is 0 Å². The molecule has 0 bridgehead atoms. The van der Waals surface area contributed by atoms with Gasteiger partial charge in [-0.15, -0.1) is 0 Å². The molecule has 0 saturated heterocycles. The van der Waals surface area contributed by atoms with Crippen molar-refractivity contribution in [3.05, 3.63) is 17.5 Å². The van der Waals surface area contributed by atoms with Crippen molar-refractivity contribution in [2.75, 3.05) is 33.5 Å². The van der Waals surface area contributed by atoms with Gasteiger partial charge in [0.05, 0.1) is 19.4 Å². The van der Waals surface area contributed by atoms with E-state index in [1.165, 1.54) is 11.3 Å². The van der Waals surface area contributed by atoms with Gasteiger partial charge in [-0.2, -0.15) is 5.10 Å². The van der Waals surface area contributed by atoms with Crippen LogP contribution in [0.3, 0.4) is 0 Å². The van der Waals surface area contributed by atoms with Gasteiger partial charge in [0, 0.05) is 38.6 Å². The van der Waals surface area contributed by atoms with E-state index in [0.29, 0.717) is 13.2 Å². The number of rotatable bonds is 9. The second-order valence-corrected chi connectivity index (χ2v) is 4.01. The molecule has 0 aromatic carbocycles. The minimum Gasteiger partial charge on any atom is -0.382 e. The topological polar surface area (TPSA) is 48.3 Å². The monoisotopic (exact) mass is 241 g/mol. The fourth-order valence-electron chi connectivity index (χ4n) is 1.48. The lowest BCUT2D eigenvalue weighted by Crippen LogP contribution is -2.17. The molecule has 0 aliphatic rings. The predicted octanol–water partition coefficient (Wildman–Crippen LogP) is 0.871. The molecule has 1 aromatic rings. The molecule has 1 rings (SSSR count). The van der Waals surface area contributed by atoms with Gasteiger partial charge in [0.15, 0.2) is 0 Å². The van der Waals surface area contributed by atoms with Crippen LogP contribution in [0, 0.1) is 6.92 Å². The molecular formula is C12H23N3O2. The van der Waals surface area contributed by atoms with E-state index in [1.807, 2.05) is 17.9 Å². The van der Waals surface area contributed by atoms with Gasteiger partial charge in [-0.3, -0.25) is 4.68 Å². The van der Waals surface area contributed by atoms with Crippen LogP contribution >= 0.6 is 0 Å². The Morgan fingerprint density at radius 1 is 1.35 bits per heavy atom. The van der Waals surface area contributed by atoms with Crippen LogP contribution in [0.4, 0.5) is 0 Å². The summed E-state index contributed by atoms with van der Waals surface area (Å²) in [4.78, 5) is 0. The van der Waals surface area contributed by atoms with E-state index in [-0.39, 0.29) is 0 Å². The lowest BCUT2D eigenvalue weighted by molar-refractivity contribution is 0.0695. The first-order chi connectivity index (χ1) is 8.25. The van der Waals surface area contributed by atoms with Crippen molar-refractivity contribution in [1.82, 2.24) is 15.1 Å². The highest BCUT2D eigenvalue weighted by Gasteiger charge is 2.01. The first kappa shape index (κ1) is 14.2. The minimum atomic E-state index is 0.669. The van der Waals surface area contributed by atoms with Crippen molar-refractivity contribution < 1.29 is 9.47 Å². The molecule has 0 unspecified atom stereocenters. The molecule has 17 heavy (non-hydrogen) atoms. The summed E-state index contributed by atoms with van der Waals surface area (Å²) < 4.78 is 12.2. The molecule has 0 atom stereocenters. The molecule has 1 N–H and O–H groups in total. The molecule has 0 aliphatic heterocycles. The highest BCUT2D eigenvalue weighted by Crippen LogP contribution is 2.04. The summed E-state index contributed by atoms with van der Waals surface area (Å²) in [7, 11) is 3.64. The van der Waals surface area contributed by atoms with Crippen molar-refractivity contribution in [2.24, 2.45) is 7.05 Å². The van der Waals surface area contributed by atoms with Gasteiger partial charge in [-0.1, -0.05) is 0 Å². The average Bonchev–Trinajstić information content (AvgIpc) is 2.64. The van der Waals surface area contributed by atoms with E-state index >= 15 is 0 Å². The SMILES string of the molecule is COCCOCCCNCc1cnn(C)c1C. The zero-order valence-electron chi connectivity index (χ0n) is 11.0. The minimum absolute atomic E-state index is 0.669. The van der Waals surface area contributed by atoms with Crippen LogP contribution in [0.15, 0.2) is 6.20 Å². The lowest BCUT2D eigenvalue weighted by Gasteiger charge is -2.05. The van der Waals surface area contributed by atoms with Gasteiger partial charge in [0.2, 0.25) is 0 Å². The number of nitrogens with one attached hydrogen (secondary N) is 1.